The van der Waals surface area contributed by atoms with Crippen molar-refractivity contribution in [2.45, 2.75) is 42.4 Å². The van der Waals surface area contributed by atoms with E-state index in [2.05, 4.69) is 9.05 Å². The van der Waals surface area contributed by atoms with Gasteiger partial charge in [0, 0.05) is 0 Å². The predicted octanol–water partition coefficient (Wildman–Crippen LogP) is -6.24. The van der Waals surface area contributed by atoms with Gasteiger partial charge in [0.15, 0.2) is 0 Å². The van der Waals surface area contributed by atoms with Crippen LogP contribution in [0.2, 0.25) is 0 Å². The lowest BCUT2D eigenvalue weighted by atomic mass is 9.82. The van der Waals surface area contributed by atoms with Gasteiger partial charge in [-0.2, -0.15) is 0 Å². The van der Waals surface area contributed by atoms with E-state index in [0.717, 1.165) is 0 Å². The van der Waals surface area contributed by atoms with Crippen molar-refractivity contribution < 1.29 is 64.5 Å². The van der Waals surface area contributed by atoms with Crippen LogP contribution in [0.5, 0.6) is 0 Å². The summed E-state index contributed by atoms with van der Waals surface area (Å²) in [5, 5.41) is 84.0. The van der Waals surface area contributed by atoms with E-state index in [1.807, 2.05) is 0 Å². The van der Waals surface area contributed by atoms with Gasteiger partial charge in [-0.1, -0.05) is 0 Å². The van der Waals surface area contributed by atoms with Crippen LogP contribution in [0.15, 0.2) is 0 Å². The van der Waals surface area contributed by atoms with E-state index in [1.165, 1.54) is 5.32 Å². The largest absolute Gasteiger partial charge is 0.476 e. The van der Waals surface area contributed by atoms with Gasteiger partial charge in [-0.3, -0.25) is 4.52 Å². The highest BCUT2D eigenvalue weighted by Crippen LogP contribution is 2.50. The number of nitrogens with one attached hydrogen (secondary N) is 1. The highest BCUT2D eigenvalue weighted by molar-refractivity contribution is 7.47. The first-order valence-electron chi connectivity index (χ1n) is 5.94. The van der Waals surface area contributed by atoms with Crippen molar-refractivity contribution in [3.05, 3.63) is 0 Å². The molecule has 15 heteroatoms. The van der Waals surface area contributed by atoms with Gasteiger partial charge in [-0.25, -0.2) is 14.4 Å². The highest BCUT2D eigenvalue weighted by Gasteiger charge is 2.61. The van der Waals surface area contributed by atoms with Crippen LogP contribution in [0, 0.1) is 0 Å². The molecular formula is C8H18NO13P. The Morgan fingerprint density at radius 2 is 1.43 bits per heavy atom. The summed E-state index contributed by atoms with van der Waals surface area (Å²) in [5.74, 6) is -3.42. The van der Waals surface area contributed by atoms with Crippen LogP contribution in [0.3, 0.4) is 0 Å². The second-order valence-corrected chi connectivity index (χ2v) is 6.14. The summed E-state index contributed by atoms with van der Waals surface area (Å²) in [5.41, 5.74) is 0. The molecular weight excluding hydrogens is 349 g/mol. The van der Waals surface area contributed by atoms with Crippen LogP contribution in [-0.4, -0.2) is 100.0 Å². The molecule has 0 bridgehead atoms. The molecule has 23 heavy (non-hydrogen) atoms. The lowest BCUT2D eigenvalue weighted by Gasteiger charge is -2.46. The van der Waals surface area contributed by atoms with E-state index in [0.29, 0.717) is 0 Å². The summed E-state index contributed by atoms with van der Waals surface area (Å²) in [7, 11) is -5.33. The zero-order valence-electron chi connectivity index (χ0n) is 11.2. The van der Waals surface area contributed by atoms with Crippen molar-refractivity contribution in [2.75, 3.05) is 6.73 Å². The quantitative estimate of drug-likeness (QED) is 0.154. The maximum absolute atomic E-state index is 11.6. The van der Waals surface area contributed by atoms with E-state index < -0.39 is 57.0 Å². The van der Waals surface area contributed by atoms with Crippen molar-refractivity contribution in [2.24, 2.45) is 0 Å². The molecule has 14 nitrogen and oxygen atoms in total. The van der Waals surface area contributed by atoms with Crippen LogP contribution >= 0.6 is 7.82 Å². The first-order chi connectivity index (χ1) is 10.2. The zero-order valence-corrected chi connectivity index (χ0v) is 12.1. The molecule has 0 aromatic rings. The van der Waals surface area contributed by atoms with Crippen molar-refractivity contribution in [1.82, 2.24) is 5.32 Å². The molecule has 7 atom stereocenters. The number of phosphoric acid groups is 1. The Balaban J connectivity index is 2.84. The molecule has 0 aliphatic heterocycles. The van der Waals surface area contributed by atoms with Gasteiger partial charge in [0.05, 0.1) is 0 Å². The average Bonchev–Trinajstić information content (AvgIpc) is 2.39. The Kier molecular flexibility index (Phi) is 6.23. The SMILES string of the molecule is O=P(O)(OCNC(O)(O)O)O[C@]1(O)[C@H](O)[C@H](O)[C@@H](O)[C@H](O)[C@H]1O. The Bertz CT molecular complexity index is 438. The summed E-state index contributed by atoms with van der Waals surface area (Å²) in [6, 6.07) is 0. The number of rotatable bonds is 6. The van der Waals surface area contributed by atoms with Crippen LogP contribution < -0.4 is 5.32 Å². The van der Waals surface area contributed by atoms with Crippen LogP contribution in [-0.2, 0) is 13.6 Å². The predicted molar refractivity (Wildman–Crippen MR) is 64.4 cm³/mol. The van der Waals surface area contributed by atoms with Gasteiger partial charge in [-0.05, 0) is 0 Å². The van der Waals surface area contributed by atoms with E-state index in [4.69, 9.17) is 15.3 Å². The number of hydrogen-bond donors (Lipinski definition) is 11. The van der Waals surface area contributed by atoms with Crippen LogP contribution in [0.4, 0.5) is 0 Å². The molecule has 0 spiro atoms. The Hall–Kier alpha value is -0.290. The molecule has 0 aromatic heterocycles. The number of hydrogen-bond acceptors (Lipinski definition) is 13. The monoisotopic (exact) mass is 367 g/mol. The lowest BCUT2D eigenvalue weighted by molar-refractivity contribution is -0.340. The summed E-state index contributed by atoms with van der Waals surface area (Å²) in [4.78, 5) is 9.32. The van der Waals surface area contributed by atoms with Gasteiger partial charge in [-0.15, -0.1) is 0 Å². The maximum atomic E-state index is 11.6. The molecule has 0 saturated heterocycles. The van der Waals surface area contributed by atoms with Gasteiger partial charge in [0.25, 0.3) is 0 Å². The van der Waals surface area contributed by atoms with Gasteiger partial charge < -0.3 is 50.9 Å². The van der Waals surface area contributed by atoms with Gasteiger partial charge in [0.1, 0.15) is 37.3 Å². The van der Waals surface area contributed by atoms with Crippen LogP contribution in [0.25, 0.3) is 0 Å². The number of aliphatic hydroxyl groups is 9. The Morgan fingerprint density at radius 1 is 1.00 bits per heavy atom. The molecule has 1 aliphatic carbocycles. The summed E-state index contributed by atoms with van der Waals surface area (Å²) < 4.78 is 19.8. The van der Waals surface area contributed by atoms with Crippen molar-refractivity contribution in [1.29, 1.82) is 0 Å². The summed E-state index contributed by atoms with van der Waals surface area (Å²) in [6.45, 7) is -1.21. The van der Waals surface area contributed by atoms with Gasteiger partial charge >= 0.3 is 13.9 Å². The van der Waals surface area contributed by atoms with E-state index in [1.54, 1.807) is 0 Å². The second kappa shape index (κ2) is 6.91. The first kappa shape index (κ1) is 20.8. The topological polar surface area (TPSA) is 250 Å². The maximum Gasteiger partial charge on any atom is 0.476 e. The van der Waals surface area contributed by atoms with E-state index >= 15 is 0 Å². The molecule has 0 aromatic carbocycles. The van der Waals surface area contributed by atoms with Crippen molar-refractivity contribution in [3.8, 4) is 0 Å². The average molecular weight is 367 g/mol. The third kappa shape index (κ3) is 4.85. The van der Waals surface area contributed by atoms with Crippen molar-refractivity contribution in [3.63, 3.8) is 0 Å². The smallest absolute Gasteiger partial charge is 0.387 e. The fourth-order valence-electron chi connectivity index (χ4n) is 1.77. The minimum atomic E-state index is -5.33. The molecule has 1 fully saturated rings. The van der Waals surface area contributed by atoms with E-state index in [-0.39, 0.29) is 0 Å². The molecule has 0 radical (unpaired) electrons. The van der Waals surface area contributed by atoms with Gasteiger partial charge in [0.2, 0.25) is 5.79 Å². The third-order valence-corrected chi connectivity index (χ3v) is 3.97. The normalized spacial score (nSPS) is 41.6. The Labute approximate surface area is 128 Å². The summed E-state index contributed by atoms with van der Waals surface area (Å²) >= 11 is 0. The van der Waals surface area contributed by atoms with E-state index in [9.17, 15) is 40.1 Å². The number of phosphoric ester groups is 1. The van der Waals surface area contributed by atoms with Crippen molar-refractivity contribution >= 4 is 7.82 Å². The first-order valence-corrected chi connectivity index (χ1v) is 7.44. The fraction of sp³-hybridized carbons (Fsp3) is 1.00. The zero-order chi connectivity index (χ0) is 18.2. The molecule has 1 rings (SSSR count). The summed E-state index contributed by atoms with van der Waals surface area (Å²) in [6.07, 6.45) is -15.1. The minimum Gasteiger partial charge on any atom is -0.387 e. The molecule has 11 N–H and O–H groups in total. The van der Waals surface area contributed by atoms with Crippen LogP contribution in [0.1, 0.15) is 0 Å². The fourth-order valence-corrected chi connectivity index (χ4v) is 2.64. The minimum absolute atomic E-state index is 1.21. The highest BCUT2D eigenvalue weighted by atomic mass is 31.2. The third-order valence-electron chi connectivity index (χ3n) is 2.99. The molecule has 1 saturated carbocycles. The molecule has 1 unspecified atom stereocenters. The molecule has 138 valence electrons. The number of aliphatic hydroxyl groups excluding tert-OH is 5. The lowest BCUT2D eigenvalue weighted by Crippen LogP contribution is -2.71. The standard InChI is InChI=1S/C8H18NO13P/c10-2-3(11)5(13)7(15,6(14)4(2)12)22-23(19,20)21-1-9-8(16,17)18/h2-6,9-18H,1H2,(H,19,20)/t2-,3-,4+,5-,6-,7-/m1/s1. The molecule has 0 heterocycles. The molecule has 1 aliphatic rings. The Morgan fingerprint density at radius 3 is 1.83 bits per heavy atom. The molecule has 0 amide bonds. The second-order valence-electron chi connectivity index (χ2n) is 4.76.